The molecule has 0 aliphatic heterocycles. The minimum atomic E-state index is -1.07. The van der Waals surface area contributed by atoms with Gasteiger partial charge in [0.15, 0.2) is 5.82 Å². The zero-order valence-electron chi connectivity index (χ0n) is 12.6. The molecular weight excluding hydrogens is 284 g/mol. The predicted molar refractivity (Wildman–Crippen MR) is 83.0 cm³/mol. The van der Waals surface area contributed by atoms with E-state index in [9.17, 15) is 0 Å². The van der Waals surface area contributed by atoms with E-state index >= 15 is 0 Å². The Kier molecular flexibility index (Phi) is 4.45. The van der Waals surface area contributed by atoms with E-state index < -0.39 is 8.07 Å². The maximum absolute atomic E-state index is 9.07. The molecule has 0 saturated heterocycles. The lowest BCUT2D eigenvalue weighted by atomic mass is 10.1. The highest BCUT2D eigenvalue weighted by Gasteiger charge is 2.14. The highest BCUT2D eigenvalue weighted by molar-refractivity contribution is 6.76. The fourth-order valence-electron chi connectivity index (χ4n) is 1.78. The number of rotatable bonds is 6. The summed E-state index contributed by atoms with van der Waals surface area (Å²) in [6.45, 7) is 8.08. The summed E-state index contributed by atoms with van der Waals surface area (Å²) in [5.41, 5.74) is 7.32. The molecule has 2 aromatic rings. The van der Waals surface area contributed by atoms with E-state index in [-0.39, 0.29) is 5.82 Å². The van der Waals surface area contributed by atoms with Crippen molar-refractivity contribution in [3.63, 3.8) is 0 Å². The molecule has 0 aliphatic rings. The van der Waals surface area contributed by atoms with Gasteiger partial charge in [0, 0.05) is 26.4 Å². The highest BCUT2D eigenvalue weighted by Crippen LogP contribution is 2.23. The number of nitriles is 1. The third-order valence-electron chi connectivity index (χ3n) is 3.05. The van der Waals surface area contributed by atoms with Gasteiger partial charge in [0.05, 0.1) is 11.9 Å². The summed E-state index contributed by atoms with van der Waals surface area (Å²) in [7, 11) is -1.07. The third kappa shape index (κ3) is 3.93. The molecule has 0 saturated carbocycles. The van der Waals surface area contributed by atoms with Crippen LogP contribution in [-0.2, 0) is 11.5 Å². The van der Waals surface area contributed by atoms with Crippen LogP contribution in [0.3, 0.4) is 0 Å². The first-order valence-electron chi connectivity index (χ1n) is 6.75. The summed E-state index contributed by atoms with van der Waals surface area (Å²) in [6, 6.07) is 3.16. The number of aromatic amines is 1. The fourth-order valence-corrected chi connectivity index (χ4v) is 2.53. The largest absolute Gasteiger partial charge is 0.381 e. The van der Waals surface area contributed by atoms with E-state index in [1.807, 2.05) is 12.3 Å². The van der Waals surface area contributed by atoms with Crippen molar-refractivity contribution in [3.8, 4) is 17.3 Å². The van der Waals surface area contributed by atoms with Gasteiger partial charge in [-0.2, -0.15) is 15.5 Å². The van der Waals surface area contributed by atoms with Gasteiger partial charge in [-0.05, 0) is 6.04 Å². The first-order chi connectivity index (χ1) is 9.90. The second kappa shape index (κ2) is 6.11. The van der Waals surface area contributed by atoms with Crippen LogP contribution in [0, 0.1) is 11.3 Å². The van der Waals surface area contributed by atoms with E-state index in [4.69, 9.17) is 15.7 Å². The number of nitrogen functional groups attached to an aromatic ring is 1. The summed E-state index contributed by atoms with van der Waals surface area (Å²) in [5, 5.41) is 19.9. The van der Waals surface area contributed by atoms with Crippen molar-refractivity contribution in [1.82, 2.24) is 20.0 Å². The van der Waals surface area contributed by atoms with Crippen molar-refractivity contribution in [2.45, 2.75) is 32.4 Å². The number of nitrogens with one attached hydrogen (secondary N) is 1. The molecule has 7 nitrogen and oxygen atoms in total. The zero-order chi connectivity index (χ0) is 15.5. The van der Waals surface area contributed by atoms with Crippen LogP contribution in [0.1, 0.15) is 5.56 Å². The van der Waals surface area contributed by atoms with Crippen LogP contribution in [0.15, 0.2) is 12.4 Å². The lowest BCUT2D eigenvalue weighted by Crippen LogP contribution is -2.22. The molecule has 0 atom stereocenters. The average molecular weight is 304 g/mol. The lowest BCUT2D eigenvalue weighted by Gasteiger charge is -2.15. The average Bonchev–Trinajstić information content (AvgIpc) is 2.99. The first kappa shape index (κ1) is 15.3. The van der Waals surface area contributed by atoms with Gasteiger partial charge in [0.1, 0.15) is 18.4 Å². The van der Waals surface area contributed by atoms with Gasteiger partial charge < -0.3 is 10.5 Å². The number of nitrogens with two attached hydrogens (primary N) is 1. The maximum Gasteiger partial charge on any atom is 0.163 e. The van der Waals surface area contributed by atoms with Gasteiger partial charge in [0.25, 0.3) is 0 Å². The van der Waals surface area contributed by atoms with Gasteiger partial charge in [-0.1, -0.05) is 19.6 Å². The number of nitrogens with zero attached hydrogens (tertiary/aromatic N) is 4. The van der Waals surface area contributed by atoms with Gasteiger partial charge in [-0.25, -0.2) is 4.68 Å². The van der Waals surface area contributed by atoms with Gasteiger partial charge in [-0.15, -0.1) is 0 Å². The molecule has 2 heterocycles. The number of H-pyrrole nitrogens is 1. The Balaban J connectivity index is 1.97. The van der Waals surface area contributed by atoms with Crippen molar-refractivity contribution in [2.75, 3.05) is 12.3 Å². The smallest absolute Gasteiger partial charge is 0.163 e. The topological polar surface area (TPSA) is 106 Å². The van der Waals surface area contributed by atoms with Gasteiger partial charge in [-0.3, -0.25) is 5.10 Å². The molecule has 0 fully saturated rings. The molecule has 112 valence electrons. The molecule has 2 aromatic heterocycles. The summed E-state index contributed by atoms with van der Waals surface area (Å²) in [6.07, 6.45) is 3.47. The Morgan fingerprint density at radius 2 is 2.24 bits per heavy atom. The van der Waals surface area contributed by atoms with Crippen LogP contribution in [0.5, 0.6) is 0 Å². The fraction of sp³-hybridized carbons (Fsp3) is 0.462. The van der Waals surface area contributed by atoms with Crippen LogP contribution in [-0.4, -0.2) is 34.7 Å². The highest BCUT2D eigenvalue weighted by atomic mass is 28.3. The van der Waals surface area contributed by atoms with Crippen LogP contribution in [0.2, 0.25) is 25.7 Å². The van der Waals surface area contributed by atoms with Gasteiger partial charge in [0.2, 0.25) is 0 Å². The molecule has 0 bridgehead atoms. The Hall–Kier alpha value is -2.11. The number of hydrogen-bond acceptors (Lipinski definition) is 5. The summed E-state index contributed by atoms with van der Waals surface area (Å²) >= 11 is 0. The molecular formula is C13H20N6OSi. The molecule has 0 spiro atoms. The Morgan fingerprint density at radius 1 is 1.48 bits per heavy atom. The van der Waals surface area contributed by atoms with E-state index in [1.165, 1.54) is 0 Å². The Labute approximate surface area is 124 Å². The number of aromatic nitrogens is 4. The van der Waals surface area contributed by atoms with E-state index in [1.54, 1.807) is 10.9 Å². The molecule has 0 aromatic carbocycles. The first-order valence-corrected chi connectivity index (χ1v) is 10.5. The lowest BCUT2D eigenvalue weighted by molar-refractivity contribution is 0.0786. The van der Waals surface area contributed by atoms with Crippen LogP contribution < -0.4 is 5.73 Å². The van der Waals surface area contributed by atoms with E-state index in [2.05, 4.69) is 34.9 Å². The summed E-state index contributed by atoms with van der Waals surface area (Å²) in [5.74, 6) is 0.201. The van der Waals surface area contributed by atoms with Crippen molar-refractivity contribution in [3.05, 3.63) is 18.0 Å². The van der Waals surface area contributed by atoms with E-state index in [0.717, 1.165) is 18.2 Å². The molecule has 0 radical (unpaired) electrons. The van der Waals surface area contributed by atoms with Crippen LogP contribution in [0.4, 0.5) is 5.82 Å². The van der Waals surface area contributed by atoms with Crippen molar-refractivity contribution >= 4 is 13.9 Å². The minimum absolute atomic E-state index is 0.201. The second-order valence-electron chi connectivity index (χ2n) is 6.09. The quantitative estimate of drug-likeness (QED) is 0.627. The Morgan fingerprint density at radius 3 is 2.90 bits per heavy atom. The molecule has 0 aliphatic carbocycles. The SMILES string of the molecule is C[Si](C)(C)CCOCn1cc(-c2[nH]nc(N)c2C#N)cn1. The minimum Gasteiger partial charge on any atom is -0.381 e. The van der Waals surface area contributed by atoms with Crippen LogP contribution in [0.25, 0.3) is 11.3 Å². The molecule has 0 amide bonds. The molecule has 2 rings (SSSR count). The number of hydrogen-bond donors (Lipinski definition) is 2. The predicted octanol–water partition coefficient (Wildman–Crippen LogP) is 2.04. The third-order valence-corrected chi connectivity index (χ3v) is 4.75. The molecule has 0 unspecified atom stereocenters. The molecule has 8 heteroatoms. The maximum atomic E-state index is 9.07. The van der Waals surface area contributed by atoms with Gasteiger partial charge >= 0.3 is 0 Å². The number of ether oxygens (including phenoxy) is 1. The molecule has 21 heavy (non-hydrogen) atoms. The van der Waals surface area contributed by atoms with Crippen molar-refractivity contribution < 1.29 is 4.74 Å². The monoisotopic (exact) mass is 304 g/mol. The summed E-state index contributed by atoms with van der Waals surface area (Å²) in [4.78, 5) is 0. The van der Waals surface area contributed by atoms with E-state index in [0.29, 0.717) is 18.0 Å². The zero-order valence-corrected chi connectivity index (χ0v) is 13.6. The van der Waals surface area contributed by atoms with Crippen LogP contribution >= 0.6 is 0 Å². The second-order valence-corrected chi connectivity index (χ2v) is 11.7. The number of anilines is 1. The van der Waals surface area contributed by atoms with Crippen molar-refractivity contribution in [1.29, 1.82) is 5.26 Å². The molecule has 3 N–H and O–H groups in total. The normalized spacial score (nSPS) is 11.5. The Bertz CT molecular complexity index is 648. The van der Waals surface area contributed by atoms with Crippen molar-refractivity contribution in [2.24, 2.45) is 0 Å². The summed E-state index contributed by atoms with van der Waals surface area (Å²) < 4.78 is 7.32. The standard InChI is InChI=1S/C13H20N6OSi/c1-21(2,3)5-4-20-9-19-8-10(7-16-19)12-11(6-14)13(15)18-17-12/h7-8H,4-5,9H2,1-3H3,(H3,15,17,18).